The number of carbonyl (C=O) groups is 2. The van der Waals surface area contributed by atoms with Crippen LogP contribution in [0.25, 0.3) is 0 Å². The Morgan fingerprint density at radius 2 is 2.00 bits per heavy atom. The van der Waals surface area contributed by atoms with Crippen molar-refractivity contribution in [3.8, 4) is 5.75 Å². The first-order valence-electron chi connectivity index (χ1n) is 7.44. The van der Waals surface area contributed by atoms with E-state index in [1.165, 1.54) is 4.90 Å². The van der Waals surface area contributed by atoms with Crippen LogP contribution in [0.2, 0.25) is 0 Å². The highest BCUT2D eigenvalue weighted by atomic mass is 16.5. The van der Waals surface area contributed by atoms with Crippen molar-refractivity contribution in [3.63, 3.8) is 0 Å². The molecule has 5 heteroatoms. The molecule has 1 N–H and O–H groups in total. The third-order valence-corrected chi connectivity index (χ3v) is 3.75. The number of carbonyl (C=O) groups excluding carboxylic acids is 2. The first-order valence-corrected chi connectivity index (χ1v) is 7.44. The van der Waals surface area contributed by atoms with Gasteiger partial charge in [-0.3, -0.25) is 9.59 Å². The molecule has 5 nitrogen and oxygen atoms in total. The van der Waals surface area contributed by atoms with Gasteiger partial charge in [0, 0.05) is 18.7 Å². The number of hydrogen-bond acceptors (Lipinski definition) is 3. The summed E-state index contributed by atoms with van der Waals surface area (Å²) in [6.07, 6.45) is 6.70. The van der Waals surface area contributed by atoms with Crippen LogP contribution in [-0.2, 0) is 9.59 Å². The molecule has 22 heavy (non-hydrogen) atoms. The molecule has 0 saturated carbocycles. The lowest BCUT2D eigenvalue weighted by atomic mass is 9.93. The standard InChI is InChI=1S/C17H22N2O3/c1-19(17(21)13-6-4-3-5-7-13)12-16(20)18-14-8-10-15(22-2)11-9-14/h3-4,8-11,13H,5-7,12H2,1-2H3,(H,18,20). The lowest BCUT2D eigenvalue weighted by molar-refractivity contribution is -0.137. The number of amides is 2. The molecule has 0 bridgehead atoms. The predicted molar refractivity (Wildman–Crippen MR) is 85.7 cm³/mol. The van der Waals surface area contributed by atoms with E-state index in [1.54, 1.807) is 38.4 Å². The van der Waals surface area contributed by atoms with E-state index >= 15 is 0 Å². The fourth-order valence-corrected chi connectivity index (χ4v) is 2.50. The summed E-state index contributed by atoms with van der Waals surface area (Å²) in [5.41, 5.74) is 0.687. The van der Waals surface area contributed by atoms with Gasteiger partial charge in [0.1, 0.15) is 5.75 Å². The van der Waals surface area contributed by atoms with Gasteiger partial charge in [-0.25, -0.2) is 0 Å². The first kappa shape index (κ1) is 16.1. The summed E-state index contributed by atoms with van der Waals surface area (Å²) in [5.74, 6) is 0.570. The number of anilines is 1. The second kappa shape index (κ2) is 7.64. The molecule has 0 spiro atoms. The summed E-state index contributed by atoms with van der Waals surface area (Å²) in [4.78, 5) is 25.8. The smallest absolute Gasteiger partial charge is 0.243 e. The fourth-order valence-electron chi connectivity index (χ4n) is 2.50. The SMILES string of the molecule is COc1ccc(NC(=O)CN(C)C(=O)C2CC=CCC2)cc1. The number of nitrogens with one attached hydrogen (secondary N) is 1. The van der Waals surface area contributed by atoms with Gasteiger partial charge in [0.15, 0.2) is 0 Å². The molecule has 0 fully saturated rings. The largest absolute Gasteiger partial charge is 0.497 e. The van der Waals surface area contributed by atoms with Crippen molar-refractivity contribution in [2.45, 2.75) is 19.3 Å². The Bertz CT molecular complexity index is 552. The van der Waals surface area contributed by atoms with E-state index in [-0.39, 0.29) is 24.3 Å². The van der Waals surface area contributed by atoms with Gasteiger partial charge in [-0.1, -0.05) is 12.2 Å². The molecule has 1 aromatic carbocycles. The van der Waals surface area contributed by atoms with E-state index in [9.17, 15) is 9.59 Å². The van der Waals surface area contributed by atoms with Gasteiger partial charge in [-0.05, 0) is 43.5 Å². The van der Waals surface area contributed by atoms with Gasteiger partial charge in [-0.2, -0.15) is 0 Å². The van der Waals surface area contributed by atoms with Crippen LogP contribution in [0.4, 0.5) is 5.69 Å². The average Bonchev–Trinajstić information content (AvgIpc) is 2.55. The molecule has 1 aliphatic carbocycles. The number of ether oxygens (including phenoxy) is 1. The third kappa shape index (κ3) is 4.35. The molecule has 0 radical (unpaired) electrons. The number of likely N-dealkylation sites (N-methyl/N-ethyl adjacent to an activating group) is 1. The Labute approximate surface area is 130 Å². The molecule has 0 aromatic heterocycles. The summed E-state index contributed by atoms with van der Waals surface area (Å²) in [6.45, 7) is 0.0606. The zero-order chi connectivity index (χ0) is 15.9. The minimum absolute atomic E-state index is 0.00351. The molecular weight excluding hydrogens is 280 g/mol. The van der Waals surface area contributed by atoms with Gasteiger partial charge in [0.25, 0.3) is 0 Å². The maximum atomic E-state index is 12.3. The number of nitrogens with zero attached hydrogens (tertiary/aromatic N) is 1. The first-order chi connectivity index (χ1) is 10.6. The molecule has 1 aromatic rings. The van der Waals surface area contributed by atoms with Gasteiger partial charge in [0.2, 0.25) is 11.8 Å². The number of hydrogen-bond donors (Lipinski definition) is 1. The maximum Gasteiger partial charge on any atom is 0.243 e. The maximum absolute atomic E-state index is 12.3. The van der Waals surface area contributed by atoms with Crippen molar-refractivity contribution >= 4 is 17.5 Å². The van der Waals surface area contributed by atoms with Crippen LogP contribution >= 0.6 is 0 Å². The molecular formula is C17H22N2O3. The fraction of sp³-hybridized carbons (Fsp3) is 0.412. The monoisotopic (exact) mass is 302 g/mol. The second-order valence-corrected chi connectivity index (χ2v) is 5.45. The number of benzene rings is 1. The summed E-state index contributed by atoms with van der Waals surface area (Å²) in [6, 6.07) is 7.09. The molecule has 118 valence electrons. The van der Waals surface area contributed by atoms with Crippen LogP contribution in [0.5, 0.6) is 5.75 Å². The minimum Gasteiger partial charge on any atom is -0.497 e. The molecule has 1 aliphatic rings. The van der Waals surface area contributed by atoms with Gasteiger partial charge in [-0.15, -0.1) is 0 Å². The highest BCUT2D eigenvalue weighted by molar-refractivity contribution is 5.94. The van der Waals surface area contributed by atoms with Crippen molar-refractivity contribution in [3.05, 3.63) is 36.4 Å². The summed E-state index contributed by atoms with van der Waals surface area (Å²) in [5, 5.41) is 2.78. The molecule has 2 amide bonds. The van der Waals surface area contributed by atoms with Crippen LogP contribution in [0.3, 0.4) is 0 Å². The molecule has 2 rings (SSSR count). The third-order valence-electron chi connectivity index (χ3n) is 3.75. The van der Waals surface area contributed by atoms with Crippen molar-refractivity contribution < 1.29 is 14.3 Å². The number of methoxy groups -OCH3 is 1. The minimum atomic E-state index is -0.202. The Morgan fingerprint density at radius 3 is 2.59 bits per heavy atom. The highest BCUT2D eigenvalue weighted by Crippen LogP contribution is 2.20. The van der Waals surface area contributed by atoms with E-state index in [4.69, 9.17) is 4.74 Å². The average molecular weight is 302 g/mol. The van der Waals surface area contributed by atoms with E-state index in [0.29, 0.717) is 5.69 Å². The zero-order valence-electron chi connectivity index (χ0n) is 13.0. The van der Waals surface area contributed by atoms with Crippen molar-refractivity contribution in [2.24, 2.45) is 5.92 Å². The second-order valence-electron chi connectivity index (χ2n) is 5.45. The summed E-state index contributed by atoms with van der Waals surface area (Å²) in [7, 11) is 3.27. The Hall–Kier alpha value is -2.30. The number of rotatable bonds is 5. The van der Waals surface area contributed by atoms with E-state index in [0.717, 1.165) is 25.0 Å². The lowest BCUT2D eigenvalue weighted by Crippen LogP contribution is -2.38. The van der Waals surface area contributed by atoms with Crippen LogP contribution in [-0.4, -0.2) is 37.4 Å². The van der Waals surface area contributed by atoms with E-state index in [1.807, 2.05) is 6.08 Å². The molecule has 1 unspecified atom stereocenters. The predicted octanol–water partition coefficient (Wildman–Crippen LogP) is 2.45. The normalized spacial score (nSPS) is 16.9. The Morgan fingerprint density at radius 1 is 1.27 bits per heavy atom. The number of allylic oxidation sites excluding steroid dienone is 2. The molecule has 1 atom stereocenters. The Kier molecular flexibility index (Phi) is 5.58. The zero-order valence-corrected chi connectivity index (χ0v) is 13.0. The quantitative estimate of drug-likeness (QED) is 0.850. The van der Waals surface area contributed by atoms with Crippen LogP contribution in [0.15, 0.2) is 36.4 Å². The molecule has 0 aliphatic heterocycles. The lowest BCUT2D eigenvalue weighted by Gasteiger charge is -2.24. The Balaban J connectivity index is 1.84. The van der Waals surface area contributed by atoms with Crippen LogP contribution in [0, 0.1) is 5.92 Å². The topological polar surface area (TPSA) is 58.6 Å². The van der Waals surface area contributed by atoms with E-state index < -0.39 is 0 Å². The van der Waals surface area contributed by atoms with Gasteiger partial charge < -0.3 is 15.0 Å². The van der Waals surface area contributed by atoms with Crippen LogP contribution in [0.1, 0.15) is 19.3 Å². The van der Waals surface area contributed by atoms with Crippen LogP contribution < -0.4 is 10.1 Å². The van der Waals surface area contributed by atoms with Crippen molar-refractivity contribution in [1.82, 2.24) is 4.90 Å². The van der Waals surface area contributed by atoms with Gasteiger partial charge in [0.05, 0.1) is 13.7 Å². The molecule has 0 saturated heterocycles. The highest BCUT2D eigenvalue weighted by Gasteiger charge is 2.23. The van der Waals surface area contributed by atoms with E-state index in [2.05, 4.69) is 11.4 Å². The summed E-state index contributed by atoms with van der Waals surface area (Å²) < 4.78 is 5.07. The molecule has 0 heterocycles. The summed E-state index contributed by atoms with van der Waals surface area (Å²) >= 11 is 0. The van der Waals surface area contributed by atoms with Crippen molar-refractivity contribution in [1.29, 1.82) is 0 Å². The van der Waals surface area contributed by atoms with Crippen molar-refractivity contribution in [2.75, 3.05) is 26.0 Å². The van der Waals surface area contributed by atoms with Gasteiger partial charge >= 0.3 is 0 Å².